The Morgan fingerprint density at radius 1 is 1.00 bits per heavy atom. The smallest absolute Gasteiger partial charge is 0.317 e. The molecule has 3 nitrogen and oxygen atoms in total. The molecule has 3 rings (SSSR count). The summed E-state index contributed by atoms with van der Waals surface area (Å²) < 4.78 is -0.0276. The number of benzene rings is 2. The number of carbonyl (C=O) groups is 1. The molecule has 2 amide bonds. The zero-order valence-corrected chi connectivity index (χ0v) is 11.0. The minimum Gasteiger partial charge on any atom is -0.317 e. The highest BCUT2D eigenvalue weighted by Gasteiger charge is 2.43. The molecule has 0 aromatic heterocycles. The van der Waals surface area contributed by atoms with Crippen LogP contribution in [0.4, 0.5) is 10.5 Å². The molecule has 0 spiro atoms. The van der Waals surface area contributed by atoms with Crippen molar-refractivity contribution in [2.45, 2.75) is 4.90 Å². The summed E-state index contributed by atoms with van der Waals surface area (Å²) >= 11 is 1.43. The van der Waals surface area contributed by atoms with Crippen LogP contribution in [0, 0.1) is 0 Å². The van der Waals surface area contributed by atoms with E-state index >= 15 is 0 Å². The minimum atomic E-state index is -0.393. The average molecular weight is 269 g/mol. The fourth-order valence-corrected chi connectivity index (χ4v) is 3.25. The molecule has 2 aromatic carbocycles. The molecule has 0 fully saturated rings. The van der Waals surface area contributed by atoms with Crippen molar-refractivity contribution in [2.75, 3.05) is 0 Å². The van der Waals surface area contributed by atoms with Crippen molar-refractivity contribution in [2.24, 2.45) is 5.73 Å². The lowest BCUT2D eigenvalue weighted by atomic mass is 10.2. The Balaban J connectivity index is 2.08. The number of nitrogens with zero attached hydrogens (tertiary/aromatic N) is 1. The van der Waals surface area contributed by atoms with Crippen LogP contribution in [-0.4, -0.2) is 6.03 Å². The number of quaternary nitrogens is 1. The predicted octanol–water partition coefficient (Wildman–Crippen LogP) is 3.76. The van der Waals surface area contributed by atoms with Gasteiger partial charge in [-0.15, -0.1) is 3.89 Å². The van der Waals surface area contributed by atoms with Crippen LogP contribution in [0.15, 0.2) is 65.7 Å². The summed E-state index contributed by atoms with van der Waals surface area (Å²) in [6.07, 6.45) is 3.78. The Hall–Kier alpha value is -2.04. The van der Waals surface area contributed by atoms with E-state index in [1.54, 1.807) is 0 Å². The molecule has 0 saturated carbocycles. The van der Waals surface area contributed by atoms with Crippen molar-refractivity contribution in [3.8, 4) is 0 Å². The number of hydrogen-bond donors (Lipinski definition) is 1. The van der Waals surface area contributed by atoms with Gasteiger partial charge in [0.25, 0.3) is 0 Å². The van der Waals surface area contributed by atoms with E-state index in [-0.39, 0.29) is 3.89 Å². The van der Waals surface area contributed by atoms with E-state index in [1.165, 1.54) is 11.9 Å². The molecule has 4 heteroatoms. The van der Waals surface area contributed by atoms with Crippen LogP contribution >= 0.6 is 11.9 Å². The second-order valence-electron chi connectivity index (χ2n) is 4.28. The van der Waals surface area contributed by atoms with Crippen LogP contribution in [0.1, 0.15) is 5.56 Å². The third kappa shape index (κ3) is 1.95. The lowest BCUT2D eigenvalue weighted by Gasteiger charge is -2.24. The van der Waals surface area contributed by atoms with Crippen molar-refractivity contribution in [3.05, 3.63) is 66.4 Å². The molecule has 0 radical (unpaired) electrons. The zero-order chi connectivity index (χ0) is 13.3. The molecular formula is C15H13N2OS+. The molecular weight excluding hydrogens is 256 g/mol. The molecule has 1 atom stereocenters. The van der Waals surface area contributed by atoms with Gasteiger partial charge in [0.05, 0.1) is 4.90 Å². The predicted molar refractivity (Wildman–Crippen MR) is 79.2 cm³/mol. The standard InChI is InChI=1S/C15H12N2OS/c16-15(18)17(19-13-7-2-1-3-8-13)11-10-12-6-4-5-9-14(12)17/h1-11H,(H-,16,18)/p+1/t17-/m0/s1. The second-order valence-corrected chi connectivity index (χ2v) is 5.51. The van der Waals surface area contributed by atoms with Gasteiger partial charge >= 0.3 is 6.03 Å². The zero-order valence-electron chi connectivity index (χ0n) is 10.2. The van der Waals surface area contributed by atoms with Crippen molar-refractivity contribution >= 4 is 29.7 Å². The molecule has 0 bridgehead atoms. The first-order valence-electron chi connectivity index (χ1n) is 5.94. The highest BCUT2D eigenvalue weighted by molar-refractivity contribution is 7.99. The summed E-state index contributed by atoms with van der Waals surface area (Å²) in [4.78, 5) is 13.0. The Bertz CT molecular complexity index is 654. The van der Waals surface area contributed by atoms with Crippen molar-refractivity contribution in [3.63, 3.8) is 0 Å². The maximum atomic E-state index is 12.0. The van der Waals surface area contributed by atoms with E-state index in [0.29, 0.717) is 0 Å². The lowest BCUT2D eigenvalue weighted by Crippen LogP contribution is -2.45. The molecule has 2 aromatic rings. The van der Waals surface area contributed by atoms with E-state index in [4.69, 9.17) is 5.73 Å². The fraction of sp³-hybridized carbons (Fsp3) is 0. The van der Waals surface area contributed by atoms with E-state index in [1.807, 2.05) is 66.9 Å². The van der Waals surface area contributed by atoms with Gasteiger partial charge in [0.15, 0.2) is 5.69 Å². The van der Waals surface area contributed by atoms with E-state index in [9.17, 15) is 4.79 Å². The highest BCUT2D eigenvalue weighted by Crippen LogP contribution is 2.44. The summed E-state index contributed by atoms with van der Waals surface area (Å²) in [5, 5.41) is 0. The SMILES string of the molecule is NC(=O)[N@+]1(Sc2ccccc2)C=Cc2ccccc21. The Morgan fingerprint density at radius 3 is 2.42 bits per heavy atom. The third-order valence-electron chi connectivity index (χ3n) is 3.08. The van der Waals surface area contributed by atoms with Crippen LogP contribution in [0.2, 0.25) is 0 Å². The number of rotatable bonds is 2. The maximum absolute atomic E-state index is 12.0. The van der Waals surface area contributed by atoms with Gasteiger partial charge in [-0.25, -0.2) is 4.79 Å². The minimum absolute atomic E-state index is 0.0276. The van der Waals surface area contributed by atoms with Gasteiger partial charge in [0, 0.05) is 17.7 Å². The monoisotopic (exact) mass is 269 g/mol. The van der Waals surface area contributed by atoms with Crippen molar-refractivity contribution < 1.29 is 4.79 Å². The number of para-hydroxylation sites is 1. The van der Waals surface area contributed by atoms with Crippen LogP contribution < -0.4 is 9.62 Å². The van der Waals surface area contributed by atoms with Gasteiger partial charge in [-0.1, -0.05) is 30.3 Å². The van der Waals surface area contributed by atoms with Crippen molar-refractivity contribution in [1.29, 1.82) is 0 Å². The number of fused-ring (bicyclic) bond motifs is 1. The molecule has 2 N–H and O–H groups in total. The molecule has 1 aliphatic rings. The van der Waals surface area contributed by atoms with Gasteiger partial charge in [-0.2, -0.15) is 0 Å². The van der Waals surface area contributed by atoms with Gasteiger partial charge in [0.2, 0.25) is 0 Å². The van der Waals surface area contributed by atoms with Crippen molar-refractivity contribution in [1.82, 2.24) is 3.89 Å². The largest absolute Gasteiger partial charge is 0.435 e. The van der Waals surface area contributed by atoms with Gasteiger partial charge < -0.3 is 5.73 Å². The highest BCUT2D eigenvalue weighted by atomic mass is 32.2. The number of nitrogens with two attached hydrogens (primary N) is 1. The van der Waals surface area contributed by atoms with Crippen LogP contribution in [0.5, 0.6) is 0 Å². The fourth-order valence-electron chi connectivity index (χ4n) is 2.16. The number of amides is 2. The second kappa shape index (κ2) is 4.57. The molecule has 1 heterocycles. The Kier molecular flexibility index (Phi) is 2.89. The average Bonchev–Trinajstić information content (AvgIpc) is 2.81. The molecule has 19 heavy (non-hydrogen) atoms. The topological polar surface area (TPSA) is 43.1 Å². The van der Waals surface area contributed by atoms with Gasteiger partial charge in [0.1, 0.15) is 18.1 Å². The normalized spacial score (nSPS) is 20.2. The van der Waals surface area contributed by atoms with Gasteiger partial charge in [-0.05, 0) is 18.2 Å². The summed E-state index contributed by atoms with van der Waals surface area (Å²) in [6, 6.07) is 17.2. The van der Waals surface area contributed by atoms with Crippen LogP contribution in [-0.2, 0) is 0 Å². The maximum Gasteiger partial charge on any atom is 0.435 e. The lowest BCUT2D eigenvalue weighted by molar-refractivity contribution is 0.242. The quantitative estimate of drug-likeness (QED) is 0.666. The molecule has 0 saturated heterocycles. The number of hydrogen-bond acceptors (Lipinski definition) is 2. The molecule has 0 unspecified atom stereocenters. The first-order valence-corrected chi connectivity index (χ1v) is 6.72. The van der Waals surface area contributed by atoms with Crippen LogP contribution in [0.25, 0.3) is 6.08 Å². The van der Waals surface area contributed by atoms with E-state index in [2.05, 4.69) is 0 Å². The summed E-state index contributed by atoms with van der Waals surface area (Å²) in [6.45, 7) is 0. The molecule has 94 valence electrons. The summed E-state index contributed by atoms with van der Waals surface area (Å²) in [5.74, 6) is 0. The number of urea groups is 1. The summed E-state index contributed by atoms with van der Waals surface area (Å²) in [7, 11) is 0. The number of carbonyl (C=O) groups excluding carboxylic acids is 1. The molecule has 0 aliphatic carbocycles. The first kappa shape index (κ1) is 12.0. The van der Waals surface area contributed by atoms with E-state index < -0.39 is 6.03 Å². The number of primary amides is 1. The van der Waals surface area contributed by atoms with E-state index in [0.717, 1.165) is 16.1 Å². The summed E-state index contributed by atoms with van der Waals surface area (Å²) in [5.41, 5.74) is 7.60. The molecule has 1 aliphatic heterocycles. The van der Waals surface area contributed by atoms with Crippen LogP contribution in [0.3, 0.4) is 0 Å². The van der Waals surface area contributed by atoms with Gasteiger partial charge in [-0.3, -0.25) is 0 Å². The third-order valence-corrected chi connectivity index (χ3v) is 4.35. The first-order chi connectivity index (χ1) is 9.22. The Morgan fingerprint density at radius 2 is 1.68 bits per heavy atom. The Labute approximate surface area is 116 Å².